The van der Waals surface area contributed by atoms with E-state index in [2.05, 4.69) is 26.5 Å². The molecule has 0 aliphatic carbocycles. The van der Waals surface area contributed by atoms with E-state index in [9.17, 15) is 24.3 Å². The zero-order chi connectivity index (χ0) is 28.8. The topological polar surface area (TPSA) is 156 Å². The second-order valence-corrected chi connectivity index (χ2v) is 13.6. The van der Waals surface area contributed by atoms with E-state index in [0.29, 0.717) is 10.1 Å². The molecule has 0 saturated carbocycles. The van der Waals surface area contributed by atoms with E-state index in [1.54, 1.807) is 20.1 Å². The number of hydrogen-bond donors (Lipinski definition) is 4. The first-order valence-corrected chi connectivity index (χ1v) is 14.8. The lowest BCUT2D eigenvalue weighted by molar-refractivity contribution is -0.870. The van der Waals surface area contributed by atoms with Crippen LogP contribution in [-0.4, -0.2) is 101 Å². The standard InChI is InChI=1S/C24H43N3O7S3.ClH/c1-16(20(30)26-8-7-9-27(3,4)5)13-24(2,22(33)34-11-10-28)14-17(21(31)32)12-18(19(25)29)15-37-23(35)36-6;/h16-18,28H,7-15H2,1-6H3,(H3-,25,26,29,30,31,32);1H. The highest BCUT2D eigenvalue weighted by Gasteiger charge is 2.42. The summed E-state index contributed by atoms with van der Waals surface area (Å²) in [5.74, 6) is -5.00. The molecule has 0 saturated heterocycles. The Hall–Kier alpha value is -1.12. The Morgan fingerprint density at radius 1 is 1.16 bits per heavy atom. The van der Waals surface area contributed by atoms with Crippen LogP contribution in [0.5, 0.6) is 0 Å². The third kappa shape index (κ3) is 16.1. The number of quaternary nitrogens is 1. The molecular weight excluding hydrogens is 574 g/mol. The maximum absolute atomic E-state index is 13.0. The summed E-state index contributed by atoms with van der Waals surface area (Å²) in [6, 6.07) is 0. The highest BCUT2D eigenvalue weighted by Crippen LogP contribution is 2.37. The lowest BCUT2D eigenvalue weighted by Gasteiger charge is -2.32. The van der Waals surface area contributed by atoms with Crippen LogP contribution >= 0.6 is 35.7 Å². The molecule has 0 aromatic carbocycles. The number of rotatable bonds is 18. The molecule has 222 valence electrons. The zero-order valence-electron chi connectivity index (χ0n) is 23.2. The van der Waals surface area contributed by atoms with Gasteiger partial charge in [-0.3, -0.25) is 19.2 Å². The lowest BCUT2D eigenvalue weighted by Crippen LogP contribution is -3.00. The summed E-state index contributed by atoms with van der Waals surface area (Å²) in [5.41, 5.74) is 4.19. The van der Waals surface area contributed by atoms with E-state index >= 15 is 0 Å². The van der Waals surface area contributed by atoms with Crippen LogP contribution in [0.25, 0.3) is 0 Å². The number of carbonyl (C=O) groups is 4. The van der Waals surface area contributed by atoms with Crippen LogP contribution < -0.4 is 23.5 Å². The number of aliphatic hydroxyl groups excluding tert-OH is 1. The van der Waals surface area contributed by atoms with Crippen molar-refractivity contribution < 1.29 is 51.0 Å². The average Bonchev–Trinajstić information content (AvgIpc) is 2.80. The molecule has 4 unspecified atom stereocenters. The van der Waals surface area contributed by atoms with Gasteiger partial charge in [-0.15, -0.1) is 23.5 Å². The van der Waals surface area contributed by atoms with Crippen LogP contribution in [0, 0.1) is 23.2 Å². The predicted octanol–water partition coefficient (Wildman–Crippen LogP) is -1.27. The number of ether oxygens (including phenoxy) is 1. The fourth-order valence-electron chi connectivity index (χ4n) is 3.92. The summed E-state index contributed by atoms with van der Waals surface area (Å²) >= 11 is 7.76. The number of primary amides is 1. The van der Waals surface area contributed by atoms with Crippen molar-refractivity contribution in [2.45, 2.75) is 39.5 Å². The number of thiocarbonyl (C=S) groups is 1. The van der Waals surface area contributed by atoms with Crippen LogP contribution in [0.15, 0.2) is 0 Å². The highest BCUT2D eigenvalue weighted by atomic mass is 35.5. The quantitative estimate of drug-likeness (QED) is 0.0633. The number of carbonyl (C=O) groups excluding carboxylic acids is 3. The number of carboxylic acids is 1. The zero-order valence-corrected chi connectivity index (χ0v) is 26.4. The smallest absolute Gasteiger partial charge is 0.311 e. The summed E-state index contributed by atoms with van der Waals surface area (Å²) in [7, 11) is 6.18. The summed E-state index contributed by atoms with van der Waals surface area (Å²) in [4.78, 5) is 50.0. The summed E-state index contributed by atoms with van der Waals surface area (Å²) in [6.45, 7) is 3.96. The maximum Gasteiger partial charge on any atom is 0.311 e. The molecule has 0 bridgehead atoms. The normalized spacial score (nSPS) is 15.2. The molecule has 4 atom stereocenters. The number of nitrogens with zero attached hydrogens (tertiary/aromatic N) is 1. The van der Waals surface area contributed by atoms with Gasteiger partial charge in [0.1, 0.15) is 10.1 Å². The molecule has 14 heteroatoms. The molecule has 0 aromatic heterocycles. The van der Waals surface area contributed by atoms with Gasteiger partial charge in [0.05, 0.1) is 45.6 Å². The van der Waals surface area contributed by atoms with E-state index in [1.165, 1.54) is 23.5 Å². The SMILES string of the molecule is CSC(=S)SCC(CC(CC(C)(CC(C)C(=O)NCCC[N+](C)(C)C)C(=O)OCCO)C(=O)O)C(N)=O.[Cl-]. The minimum Gasteiger partial charge on any atom is -1.00 e. The molecule has 10 nitrogen and oxygen atoms in total. The maximum atomic E-state index is 13.0. The van der Waals surface area contributed by atoms with E-state index in [4.69, 9.17) is 27.8 Å². The Labute approximate surface area is 246 Å². The molecule has 5 N–H and O–H groups in total. The molecule has 0 heterocycles. The Bertz CT molecular complexity index is 799. The van der Waals surface area contributed by atoms with Gasteiger partial charge in [-0.2, -0.15) is 0 Å². The van der Waals surface area contributed by atoms with Gasteiger partial charge < -0.3 is 42.9 Å². The molecule has 0 spiro atoms. The van der Waals surface area contributed by atoms with Crippen molar-refractivity contribution in [3.63, 3.8) is 0 Å². The first-order chi connectivity index (χ1) is 17.1. The van der Waals surface area contributed by atoms with E-state index < -0.39 is 41.0 Å². The number of halogens is 1. The summed E-state index contributed by atoms with van der Waals surface area (Å²) in [6.07, 6.45) is 2.38. The number of hydrogen-bond acceptors (Lipinski definition) is 9. The molecular formula is C24H44ClN3O7S3. The van der Waals surface area contributed by atoms with Gasteiger partial charge in [0, 0.05) is 30.6 Å². The lowest BCUT2D eigenvalue weighted by atomic mass is 9.73. The average molecular weight is 618 g/mol. The molecule has 0 fully saturated rings. The molecule has 38 heavy (non-hydrogen) atoms. The minimum atomic E-state index is -1.35. The van der Waals surface area contributed by atoms with Crippen LogP contribution in [0.1, 0.15) is 39.5 Å². The number of aliphatic hydroxyl groups is 1. The van der Waals surface area contributed by atoms with Crippen LogP contribution in [-0.2, 0) is 23.9 Å². The fraction of sp³-hybridized carbons (Fsp3) is 0.792. The predicted molar refractivity (Wildman–Crippen MR) is 152 cm³/mol. The van der Waals surface area contributed by atoms with Gasteiger partial charge in [-0.05, 0) is 32.4 Å². The van der Waals surface area contributed by atoms with Crippen molar-refractivity contribution in [2.24, 2.45) is 28.9 Å². The fourth-order valence-corrected chi connectivity index (χ4v) is 5.44. The first-order valence-electron chi connectivity index (χ1n) is 12.2. The minimum absolute atomic E-state index is 0. The summed E-state index contributed by atoms with van der Waals surface area (Å²) < 4.78 is 6.54. The molecule has 0 aromatic rings. The number of esters is 1. The number of carboxylic acid groups (broad SMARTS) is 1. The number of aliphatic carboxylic acids is 1. The van der Waals surface area contributed by atoms with E-state index in [1.807, 2.05) is 0 Å². The first kappa shape index (κ1) is 39.0. The Balaban J connectivity index is 0. The van der Waals surface area contributed by atoms with Gasteiger partial charge >= 0.3 is 11.9 Å². The van der Waals surface area contributed by atoms with Gasteiger partial charge in [0.2, 0.25) is 11.8 Å². The largest absolute Gasteiger partial charge is 1.00 e. The molecule has 2 amide bonds. The molecule has 0 aliphatic rings. The number of thioether (sulfide) groups is 2. The van der Waals surface area contributed by atoms with Crippen molar-refractivity contribution in [3.8, 4) is 0 Å². The van der Waals surface area contributed by atoms with Crippen molar-refractivity contribution in [1.29, 1.82) is 0 Å². The van der Waals surface area contributed by atoms with Crippen molar-refractivity contribution in [2.75, 3.05) is 59.5 Å². The molecule has 0 aliphatic heterocycles. The third-order valence-electron chi connectivity index (χ3n) is 5.91. The monoisotopic (exact) mass is 617 g/mol. The van der Waals surface area contributed by atoms with Crippen molar-refractivity contribution >= 4 is 63.0 Å². The van der Waals surface area contributed by atoms with Gasteiger partial charge in [-0.1, -0.05) is 19.1 Å². The van der Waals surface area contributed by atoms with Crippen LogP contribution in [0.2, 0.25) is 0 Å². The second-order valence-electron chi connectivity index (χ2n) is 10.5. The Morgan fingerprint density at radius 3 is 2.24 bits per heavy atom. The van der Waals surface area contributed by atoms with Gasteiger partial charge in [0.15, 0.2) is 0 Å². The van der Waals surface area contributed by atoms with Crippen molar-refractivity contribution in [3.05, 3.63) is 0 Å². The third-order valence-corrected chi connectivity index (χ3v) is 8.76. The number of nitrogens with two attached hydrogens (primary N) is 1. The molecule has 0 rings (SSSR count). The van der Waals surface area contributed by atoms with E-state index in [-0.39, 0.29) is 56.5 Å². The number of nitrogens with one attached hydrogen (secondary N) is 1. The van der Waals surface area contributed by atoms with Crippen molar-refractivity contribution in [1.82, 2.24) is 5.32 Å². The highest BCUT2D eigenvalue weighted by molar-refractivity contribution is 8.47. The Kier molecular flexibility index (Phi) is 19.6. The number of amides is 2. The Morgan fingerprint density at radius 2 is 1.76 bits per heavy atom. The molecule has 0 radical (unpaired) electrons. The van der Waals surface area contributed by atoms with Gasteiger partial charge in [-0.25, -0.2) is 0 Å². The van der Waals surface area contributed by atoms with Crippen LogP contribution in [0.3, 0.4) is 0 Å². The van der Waals surface area contributed by atoms with E-state index in [0.717, 1.165) is 17.4 Å². The second kappa shape index (κ2) is 19.0. The van der Waals surface area contributed by atoms with Crippen LogP contribution in [0.4, 0.5) is 0 Å². The summed E-state index contributed by atoms with van der Waals surface area (Å²) in [5, 5.41) is 21.9. The van der Waals surface area contributed by atoms with Gasteiger partial charge in [0.25, 0.3) is 0 Å².